The Morgan fingerprint density at radius 3 is 2.67 bits per heavy atom. The summed E-state index contributed by atoms with van der Waals surface area (Å²) in [5, 5.41) is 0.639. The molecule has 0 aliphatic rings. The van der Waals surface area contributed by atoms with Gasteiger partial charge in [0, 0.05) is 16.4 Å². The van der Waals surface area contributed by atoms with Crippen LogP contribution in [-0.4, -0.2) is 38.0 Å². The molecule has 0 saturated heterocycles. The van der Waals surface area contributed by atoms with Gasteiger partial charge in [-0.25, -0.2) is 18.2 Å². The fourth-order valence-electron chi connectivity index (χ4n) is 1.19. The van der Waals surface area contributed by atoms with Gasteiger partial charge in [0.1, 0.15) is 0 Å². The van der Waals surface area contributed by atoms with E-state index in [9.17, 15) is 13.2 Å². The molecule has 1 aromatic rings. The Labute approximate surface area is 114 Å². The van der Waals surface area contributed by atoms with E-state index < -0.39 is 15.0 Å². The van der Waals surface area contributed by atoms with Crippen molar-refractivity contribution in [1.29, 1.82) is 0 Å². The van der Waals surface area contributed by atoms with Gasteiger partial charge in [-0.1, -0.05) is 0 Å². The molecule has 18 heavy (non-hydrogen) atoms. The monoisotopic (exact) mass is 309 g/mol. The maximum absolute atomic E-state index is 11.3. The van der Waals surface area contributed by atoms with Gasteiger partial charge in [0.05, 0.1) is 29.1 Å². The van der Waals surface area contributed by atoms with Gasteiger partial charge in [-0.15, -0.1) is 11.8 Å². The lowest BCUT2D eigenvalue weighted by molar-refractivity contribution is 0.0599. The molecule has 0 aromatic carbocycles. The van der Waals surface area contributed by atoms with Crippen LogP contribution >= 0.6 is 22.4 Å². The molecule has 0 fully saturated rings. The van der Waals surface area contributed by atoms with Gasteiger partial charge in [0.2, 0.25) is 9.05 Å². The van der Waals surface area contributed by atoms with E-state index in [1.165, 1.54) is 18.9 Å². The van der Waals surface area contributed by atoms with Gasteiger partial charge < -0.3 is 4.74 Å². The Hall–Kier alpha value is -0.790. The van der Waals surface area contributed by atoms with Crippen molar-refractivity contribution in [2.24, 2.45) is 0 Å². The van der Waals surface area contributed by atoms with Crippen LogP contribution in [0.25, 0.3) is 0 Å². The Kier molecular flexibility index (Phi) is 5.43. The second-order valence-corrected chi connectivity index (χ2v) is 7.38. The van der Waals surface area contributed by atoms with Gasteiger partial charge >= 0.3 is 5.97 Å². The summed E-state index contributed by atoms with van der Waals surface area (Å²) in [6, 6.07) is 3.25. The number of ether oxygens (including phenoxy) is 1. The molecule has 1 aromatic heterocycles. The number of aryl methyl sites for hydroxylation is 1. The zero-order valence-electron chi connectivity index (χ0n) is 9.84. The molecule has 0 bridgehead atoms. The molecule has 1 heterocycles. The number of hydrogen-bond donors (Lipinski definition) is 0. The summed E-state index contributed by atoms with van der Waals surface area (Å²) in [6.07, 6.45) is 0. The molecule has 0 N–H and O–H groups in total. The van der Waals surface area contributed by atoms with Crippen LogP contribution in [0.2, 0.25) is 0 Å². The number of rotatable bonds is 5. The lowest BCUT2D eigenvalue weighted by atomic mass is 10.2. The van der Waals surface area contributed by atoms with E-state index in [-0.39, 0.29) is 5.75 Å². The molecular formula is C10H12ClNO4S2. The summed E-state index contributed by atoms with van der Waals surface area (Å²) in [6.45, 7) is 1.69. The quantitative estimate of drug-likeness (QED) is 0.469. The molecule has 0 aliphatic heterocycles. The van der Waals surface area contributed by atoms with Gasteiger partial charge in [-0.3, -0.25) is 0 Å². The number of carbonyl (C=O) groups excluding carboxylic acids is 1. The predicted octanol–water partition coefficient (Wildman–Crippen LogP) is 1.84. The standard InChI is InChI=1S/C10H12ClNO4S2/c1-7-8(10(13)16-2)3-4-9(12-7)17-5-6-18(11,14)15/h3-4H,5-6H2,1-2H3. The zero-order valence-corrected chi connectivity index (χ0v) is 12.2. The Bertz CT molecular complexity index is 545. The van der Waals surface area contributed by atoms with E-state index in [1.54, 1.807) is 19.1 Å². The van der Waals surface area contributed by atoms with Crippen molar-refractivity contribution in [2.75, 3.05) is 18.6 Å². The van der Waals surface area contributed by atoms with E-state index in [2.05, 4.69) is 9.72 Å². The highest BCUT2D eigenvalue weighted by Gasteiger charge is 2.11. The first-order valence-corrected chi connectivity index (χ1v) is 8.41. The summed E-state index contributed by atoms with van der Waals surface area (Å²) >= 11 is 1.26. The van der Waals surface area contributed by atoms with Crippen LogP contribution in [0.1, 0.15) is 16.1 Å². The maximum Gasteiger partial charge on any atom is 0.339 e. The average molecular weight is 310 g/mol. The number of nitrogens with zero attached hydrogens (tertiary/aromatic N) is 1. The Morgan fingerprint density at radius 1 is 1.50 bits per heavy atom. The van der Waals surface area contributed by atoms with Crippen LogP contribution < -0.4 is 0 Å². The molecular weight excluding hydrogens is 298 g/mol. The van der Waals surface area contributed by atoms with E-state index >= 15 is 0 Å². The smallest absolute Gasteiger partial charge is 0.339 e. The van der Waals surface area contributed by atoms with Gasteiger partial charge in [0.25, 0.3) is 0 Å². The third-order valence-corrected chi connectivity index (χ3v) is 4.39. The highest BCUT2D eigenvalue weighted by molar-refractivity contribution is 8.14. The van der Waals surface area contributed by atoms with E-state index in [0.717, 1.165) is 0 Å². The van der Waals surface area contributed by atoms with Crippen LogP contribution in [0.4, 0.5) is 0 Å². The molecule has 100 valence electrons. The average Bonchev–Trinajstić information content (AvgIpc) is 2.26. The number of hydrogen-bond acceptors (Lipinski definition) is 6. The van der Waals surface area contributed by atoms with Crippen LogP contribution in [0, 0.1) is 6.92 Å². The minimum Gasteiger partial charge on any atom is -0.465 e. The molecule has 0 atom stereocenters. The Morgan fingerprint density at radius 2 is 2.17 bits per heavy atom. The Balaban J connectivity index is 2.70. The van der Waals surface area contributed by atoms with Crippen molar-refractivity contribution in [3.05, 3.63) is 23.4 Å². The minimum absolute atomic E-state index is 0.126. The van der Waals surface area contributed by atoms with Crippen molar-refractivity contribution >= 4 is 37.5 Å². The molecule has 8 heteroatoms. The topological polar surface area (TPSA) is 73.3 Å². The van der Waals surface area contributed by atoms with Crippen LogP contribution in [0.5, 0.6) is 0 Å². The van der Waals surface area contributed by atoms with Crippen LogP contribution in [-0.2, 0) is 13.8 Å². The minimum atomic E-state index is -3.48. The summed E-state index contributed by atoms with van der Waals surface area (Å²) in [7, 11) is 2.91. The largest absolute Gasteiger partial charge is 0.465 e. The van der Waals surface area contributed by atoms with Crippen molar-refractivity contribution in [3.63, 3.8) is 0 Å². The zero-order chi connectivity index (χ0) is 13.8. The fourth-order valence-corrected chi connectivity index (χ4v) is 3.46. The van der Waals surface area contributed by atoms with Crippen LogP contribution in [0.3, 0.4) is 0 Å². The summed E-state index contributed by atoms with van der Waals surface area (Å²) in [5.74, 6) is -0.256. The maximum atomic E-state index is 11.3. The summed E-state index contributed by atoms with van der Waals surface area (Å²) in [5.41, 5.74) is 0.937. The SMILES string of the molecule is COC(=O)c1ccc(SCCS(=O)(=O)Cl)nc1C. The second-order valence-electron chi connectivity index (χ2n) is 3.37. The van der Waals surface area contributed by atoms with Gasteiger partial charge in [-0.2, -0.15) is 0 Å². The van der Waals surface area contributed by atoms with Crippen molar-refractivity contribution < 1.29 is 17.9 Å². The third kappa shape index (κ3) is 4.83. The first-order valence-electron chi connectivity index (χ1n) is 4.94. The summed E-state index contributed by atoms with van der Waals surface area (Å²) < 4.78 is 26.1. The molecule has 0 amide bonds. The van der Waals surface area contributed by atoms with E-state index in [1.807, 2.05) is 0 Å². The molecule has 0 spiro atoms. The van der Waals surface area contributed by atoms with Crippen molar-refractivity contribution in [1.82, 2.24) is 4.98 Å². The second kappa shape index (κ2) is 6.40. The highest BCUT2D eigenvalue weighted by atomic mass is 35.7. The lowest BCUT2D eigenvalue weighted by Gasteiger charge is -2.05. The molecule has 1 rings (SSSR count). The fraction of sp³-hybridized carbons (Fsp3) is 0.400. The van der Waals surface area contributed by atoms with E-state index in [4.69, 9.17) is 10.7 Å². The molecule has 0 aliphatic carbocycles. The summed E-state index contributed by atoms with van der Waals surface area (Å²) in [4.78, 5) is 15.5. The third-order valence-electron chi connectivity index (χ3n) is 2.04. The number of thioether (sulfide) groups is 1. The number of carbonyl (C=O) groups is 1. The molecule has 0 radical (unpaired) electrons. The lowest BCUT2D eigenvalue weighted by Crippen LogP contribution is -2.06. The highest BCUT2D eigenvalue weighted by Crippen LogP contribution is 2.19. The number of halogens is 1. The van der Waals surface area contributed by atoms with Crippen LogP contribution in [0.15, 0.2) is 17.2 Å². The molecule has 0 unspecified atom stereocenters. The van der Waals surface area contributed by atoms with Gasteiger partial charge in [0.15, 0.2) is 0 Å². The number of pyridine rings is 1. The molecule has 0 saturated carbocycles. The first kappa shape index (κ1) is 15.3. The number of aromatic nitrogens is 1. The van der Waals surface area contributed by atoms with Crippen molar-refractivity contribution in [3.8, 4) is 0 Å². The first-order chi connectivity index (χ1) is 8.33. The number of esters is 1. The number of methoxy groups -OCH3 is 1. The normalized spacial score (nSPS) is 11.3. The molecule has 5 nitrogen and oxygen atoms in total. The predicted molar refractivity (Wildman–Crippen MR) is 70.7 cm³/mol. The van der Waals surface area contributed by atoms with Gasteiger partial charge in [-0.05, 0) is 19.1 Å². The van der Waals surface area contributed by atoms with E-state index in [0.29, 0.717) is 22.0 Å². The van der Waals surface area contributed by atoms with Crippen molar-refractivity contribution in [2.45, 2.75) is 11.9 Å².